The fraction of sp³-hybridized carbons (Fsp3) is 0.0909. The number of rotatable bonds is 7. The molecule has 6 nitrogen and oxygen atoms in total. The van der Waals surface area contributed by atoms with Gasteiger partial charge in [0.25, 0.3) is 15.9 Å². The van der Waals surface area contributed by atoms with Crippen molar-refractivity contribution in [1.82, 2.24) is 9.97 Å². The van der Waals surface area contributed by atoms with E-state index < -0.39 is 10.0 Å². The fourth-order valence-electron chi connectivity index (χ4n) is 2.86. The van der Waals surface area contributed by atoms with Crippen LogP contribution >= 0.6 is 15.9 Å². The summed E-state index contributed by atoms with van der Waals surface area (Å²) in [6, 6.07) is 23.5. The van der Waals surface area contributed by atoms with Crippen molar-refractivity contribution >= 4 is 42.8 Å². The predicted molar refractivity (Wildman–Crippen MR) is 120 cm³/mol. The first-order chi connectivity index (χ1) is 14.5. The highest BCUT2D eigenvalue weighted by atomic mass is 79.9. The number of sulfonamides is 1. The minimum Gasteiger partial charge on any atom is -0.475 e. The molecule has 0 aliphatic carbocycles. The Morgan fingerprint density at radius 3 is 2.17 bits per heavy atom. The van der Waals surface area contributed by atoms with Crippen LogP contribution in [0.4, 0.5) is 5.82 Å². The summed E-state index contributed by atoms with van der Waals surface area (Å²) in [5, 5.41) is 0. The van der Waals surface area contributed by atoms with Crippen molar-refractivity contribution in [2.75, 3.05) is 11.3 Å². The number of aromatic nitrogens is 2. The second-order valence-electron chi connectivity index (χ2n) is 6.51. The Kier molecular flexibility index (Phi) is 5.96. The summed E-state index contributed by atoms with van der Waals surface area (Å²) in [5.74, 6) is 0.204. The molecule has 3 aromatic carbocycles. The highest BCUT2D eigenvalue weighted by Gasteiger charge is 2.19. The summed E-state index contributed by atoms with van der Waals surface area (Å²) in [5.41, 5.74) is 2.31. The zero-order valence-corrected chi connectivity index (χ0v) is 18.2. The molecule has 4 rings (SSSR count). The van der Waals surface area contributed by atoms with Crippen LogP contribution < -0.4 is 9.46 Å². The number of para-hydroxylation sites is 2. The highest BCUT2D eigenvalue weighted by Crippen LogP contribution is 2.26. The minimum absolute atomic E-state index is 0.0599. The number of hydrogen-bond donors (Lipinski definition) is 1. The van der Waals surface area contributed by atoms with Crippen LogP contribution in [0.1, 0.15) is 5.56 Å². The van der Waals surface area contributed by atoms with Crippen molar-refractivity contribution < 1.29 is 13.2 Å². The molecule has 0 radical (unpaired) electrons. The lowest BCUT2D eigenvalue weighted by Gasteiger charge is -2.13. The van der Waals surface area contributed by atoms with Gasteiger partial charge in [0.2, 0.25) is 5.82 Å². The Morgan fingerprint density at radius 1 is 0.833 bits per heavy atom. The zero-order valence-electron chi connectivity index (χ0n) is 15.8. The number of halogens is 1. The number of nitrogens with zero attached hydrogens (tertiary/aromatic N) is 2. The molecule has 0 bridgehead atoms. The molecule has 4 aromatic rings. The molecule has 1 N–H and O–H groups in total. The molecule has 8 heteroatoms. The first-order valence-electron chi connectivity index (χ1n) is 9.23. The molecule has 0 spiro atoms. The van der Waals surface area contributed by atoms with E-state index in [0.29, 0.717) is 24.1 Å². The first kappa shape index (κ1) is 20.3. The van der Waals surface area contributed by atoms with Crippen molar-refractivity contribution in [3.63, 3.8) is 0 Å². The third-order valence-corrected chi connectivity index (χ3v) is 6.25. The van der Waals surface area contributed by atoms with E-state index in [-0.39, 0.29) is 16.6 Å². The number of fused-ring (bicyclic) bond motifs is 1. The number of benzene rings is 3. The number of ether oxygens (including phenoxy) is 1. The normalized spacial score (nSPS) is 11.4. The van der Waals surface area contributed by atoms with E-state index >= 15 is 0 Å². The van der Waals surface area contributed by atoms with Crippen LogP contribution in [0.25, 0.3) is 11.0 Å². The van der Waals surface area contributed by atoms with Crippen LogP contribution in [0.15, 0.2) is 88.2 Å². The van der Waals surface area contributed by atoms with Crippen molar-refractivity contribution in [3.8, 4) is 5.88 Å². The van der Waals surface area contributed by atoms with E-state index in [4.69, 9.17) is 4.74 Å². The smallest absolute Gasteiger partial charge is 0.263 e. The fourth-order valence-corrected chi connectivity index (χ4v) is 4.13. The SMILES string of the molecule is O=S(=O)(Nc1nc2ccccc2nc1OCCc1ccccc1)c1ccc(Br)cc1. The molecule has 0 fully saturated rings. The van der Waals surface area contributed by atoms with Gasteiger partial charge in [0.1, 0.15) is 0 Å². The van der Waals surface area contributed by atoms with Gasteiger partial charge in [0.15, 0.2) is 0 Å². The van der Waals surface area contributed by atoms with E-state index in [1.165, 1.54) is 12.1 Å². The minimum atomic E-state index is -3.85. The lowest BCUT2D eigenvalue weighted by molar-refractivity contribution is 0.311. The van der Waals surface area contributed by atoms with Crippen molar-refractivity contribution in [2.45, 2.75) is 11.3 Å². The van der Waals surface area contributed by atoms with Crippen molar-refractivity contribution in [1.29, 1.82) is 0 Å². The van der Waals surface area contributed by atoms with Gasteiger partial charge in [-0.15, -0.1) is 0 Å². The van der Waals surface area contributed by atoms with Crippen LogP contribution in [-0.4, -0.2) is 25.0 Å². The monoisotopic (exact) mass is 483 g/mol. The van der Waals surface area contributed by atoms with Gasteiger partial charge in [0, 0.05) is 10.9 Å². The Balaban J connectivity index is 1.63. The van der Waals surface area contributed by atoms with E-state index in [1.54, 1.807) is 24.3 Å². The molecule has 0 amide bonds. The second-order valence-corrected chi connectivity index (χ2v) is 9.11. The summed E-state index contributed by atoms with van der Waals surface area (Å²) >= 11 is 3.31. The van der Waals surface area contributed by atoms with Gasteiger partial charge in [-0.05, 0) is 42.0 Å². The molecule has 0 atom stereocenters. The lowest BCUT2D eigenvalue weighted by Crippen LogP contribution is -2.16. The second kappa shape index (κ2) is 8.81. The summed E-state index contributed by atoms with van der Waals surface area (Å²) in [6.45, 7) is 0.337. The maximum absolute atomic E-state index is 12.8. The van der Waals surface area contributed by atoms with E-state index in [1.807, 2.05) is 42.5 Å². The van der Waals surface area contributed by atoms with Crippen molar-refractivity contribution in [3.05, 3.63) is 88.9 Å². The number of anilines is 1. The van der Waals surface area contributed by atoms with E-state index in [0.717, 1.165) is 10.0 Å². The lowest BCUT2D eigenvalue weighted by atomic mass is 10.2. The van der Waals surface area contributed by atoms with Gasteiger partial charge in [-0.2, -0.15) is 0 Å². The average Bonchev–Trinajstić information content (AvgIpc) is 2.75. The summed E-state index contributed by atoms with van der Waals surface area (Å²) in [7, 11) is -3.85. The van der Waals surface area contributed by atoms with Gasteiger partial charge in [0.05, 0.1) is 22.5 Å². The van der Waals surface area contributed by atoms with Gasteiger partial charge in [-0.1, -0.05) is 58.4 Å². The molecular weight excluding hydrogens is 466 g/mol. The maximum atomic E-state index is 12.8. The third kappa shape index (κ3) is 4.77. The number of hydrogen-bond acceptors (Lipinski definition) is 5. The van der Waals surface area contributed by atoms with Crippen molar-refractivity contribution in [2.24, 2.45) is 0 Å². The Morgan fingerprint density at radius 2 is 1.47 bits per heavy atom. The summed E-state index contributed by atoms with van der Waals surface area (Å²) in [4.78, 5) is 9.04. The topological polar surface area (TPSA) is 81.2 Å². The molecule has 152 valence electrons. The van der Waals surface area contributed by atoms with Crippen LogP contribution in [0.5, 0.6) is 5.88 Å². The molecule has 0 unspecified atom stereocenters. The van der Waals surface area contributed by atoms with Crippen LogP contribution in [0, 0.1) is 0 Å². The van der Waals surface area contributed by atoms with Gasteiger partial charge in [-0.25, -0.2) is 18.4 Å². The Hall–Kier alpha value is -2.97. The average molecular weight is 484 g/mol. The van der Waals surface area contributed by atoms with Gasteiger partial charge in [-0.3, -0.25) is 4.72 Å². The third-order valence-electron chi connectivity index (χ3n) is 4.37. The zero-order chi connectivity index (χ0) is 21.0. The van der Waals surface area contributed by atoms with E-state index in [9.17, 15) is 8.42 Å². The van der Waals surface area contributed by atoms with E-state index in [2.05, 4.69) is 30.6 Å². The molecule has 1 heterocycles. The molecule has 0 saturated carbocycles. The highest BCUT2D eigenvalue weighted by molar-refractivity contribution is 9.10. The summed E-state index contributed by atoms with van der Waals surface area (Å²) in [6.07, 6.45) is 0.661. The van der Waals surface area contributed by atoms with Gasteiger partial charge < -0.3 is 4.74 Å². The summed E-state index contributed by atoms with van der Waals surface area (Å²) < 4.78 is 34.8. The van der Waals surface area contributed by atoms with Gasteiger partial charge >= 0.3 is 0 Å². The van der Waals surface area contributed by atoms with Crippen LogP contribution in [0.3, 0.4) is 0 Å². The number of nitrogens with one attached hydrogen (secondary N) is 1. The molecule has 30 heavy (non-hydrogen) atoms. The van der Waals surface area contributed by atoms with Crippen LogP contribution in [-0.2, 0) is 16.4 Å². The largest absolute Gasteiger partial charge is 0.475 e. The molecular formula is C22H18BrN3O3S. The Bertz CT molecular complexity index is 1260. The molecule has 0 aliphatic heterocycles. The Labute approximate surface area is 183 Å². The first-order valence-corrected chi connectivity index (χ1v) is 11.5. The predicted octanol–water partition coefficient (Wildman–Crippen LogP) is 4.81. The quantitative estimate of drug-likeness (QED) is 0.407. The molecule has 1 aromatic heterocycles. The maximum Gasteiger partial charge on any atom is 0.263 e. The van der Waals surface area contributed by atoms with Crippen LogP contribution in [0.2, 0.25) is 0 Å². The standard InChI is InChI=1S/C22H18BrN3O3S/c23-17-10-12-18(13-11-17)30(27,28)26-21-22(25-20-9-5-4-8-19(20)24-21)29-15-14-16-6-2-1-3-7-16/h1-13H,14-15H2,(H,24,26). The molecule has 0 aliphatic rings. The molecule has 0 saturated heterocycles.